The van der Waals surface area contributed by atoms with Gasteiger partial charge in [-0.05, 0) is 50.2 Å². The lowest BCUT2D eigenvalue weighted by atomic mass is 10.2. The Morgan fingerprint density at radius 3 is 2.16 bits per heavy atom. The third-order valence-corrected chi connectivity index (χ3v) is 5.64. The van der Waals surface area contributed by atoms with Crippen LogP contribution in [0.25, 0.3) is 0 Å². The fourth-order valence-electron chi connectivity index (χ4n) is 2.82. The van der Waals surface area contributed by atoms with Gasteiger partial charge in [0.05, 0.1) is 12.5 Å². The van der Waals surface area contributed by atoms with Gasteiger partial charge in [-0.2, -0.15) is 13.4 Å². The van der Waals surface area contributed by atoms with E-state index in [0.717, 1.165) is 17.1 Å². The van der Waals surface area contributed by atoms with Gasteiger partial charge >= 0.3 is 0 Å². The van der Waals surface area contributed by atoms with E-state index in [1.54, 1.807) is 24.3 Å². The Bertz CT molecular complexity index is 1270. The number of rotatable bonds is 7. The van der Waals surface area contributed by atoms with E-state index in [1.807, 2.05) is 44.2 Å². The number of aromatic nitrogens is 4. The third-order valence-electron chi connectivity index (χ3n) is 4.33. The zero-order chi connectivity index (χ0) is 21.8. The lowest BCUT2D eigenvalue weighted by Gasteiger charge is -2.11. The summed E-state index contributed by atoms with van der Waals surface area (Å²) in [7, 11) is -3.71. The molecule has 0 atom stereocenters. The van der Waals surface area contributed by atoms with Gasteiger partial charge in [0.2, 0.25) is 5.95 Å². The van der Waals surface area contributed by atoms with Gasteiger partial charge in [0.15, 0.2) is 5.03 Å². The van der Waals surface area contributed by atoms with Gasteiger partial charge < -0.3 is 15.6 Å². The van der Waals surface area contributed by atoms with Crippen molar-refractivity contribution in [1.29, 1.82) is 0 Å². The van der Waals surface area contributed by atoms with E-state index in [-0.39, 0.29) is 5.03 Å². The highest BCUT2D eigenvalue weighted by Gasteiger charge is 2.15. The van der Waals surface area contributed by atoms with Crippen LogP contribution >= 0.6 is 0 Å². The number of anilines is 5. The Morgan fingerprint density at radius 2 is 1.48 bits per heavy atom. The zero-order valence-electron chi connectivity index (χ0n) is 16.9. The molecule has 2 aromatic carbocycles. The number of nitrogens with zero attached hydrogens (tertiary/aromatic N) is 3. The summed E-state index contributed by atoms with van der Waals surface area (Å²) in [5.74, 6) is 1.10. The molecule has 158 valence electrons. The van der Waals surface area contributed by atoms with Crippen LogP contribution in [0.5, 0.6) is 0 Å². The Labute approximate surface area is 180 Å². The molecule has 0 spiro atoms. The third kappa shape index (κ3) is 5.17. The number of benzene rings is 2. The molecular weight excluding hydrogens is 414 g/mol. The normalized spacial score (nSPS) is 11.2. The molecule has 0 aliphatic carbocycles. The van der Waals surface area contributed by atoms with E-state index < -0.39 is 10.0 Å². The second-order valence-corrected chi connectivity index (χ2v) is 8.58. The van der Waals surface area contributed by atoms with Crippen LogP contribution in [0, 0.1) is 13.8 Å². The van der Waals surface area contributed by atoms with Crippen LogP contribution < -0.4 is 15.4 Å². The first kappa shape index (κ1) is 20.4. The summed E-state index contributed by atoms with van der Waals surface area (Å²) in [5, 5.41) is 6.41. The van der Waals surface area contributed by atoms with Gasteiger partial charge in [-0.1, -0.05) is 17.7 Å². The highest BCUT2D eigenvalue weighted by molar-refractivity contribution is 7.92. The number of sulfonamides is 1. The number of nitrogens with one attached hydrogen (secondary N) is 4. The van der Waals surface area contributed by atoms with Crippen molar-refractivity contribution in [2.75, 3.05) is 15.4 Å². The smallest absolute Gasteiger partial charge is 0.278 e. The van der Waals surface area contributed by atoms with Gasteiger partial charge in [0, 0.05) is 28.8 Å². The molecule has 4 aromatic rings. The van der Waals surface area contributed by atoms with Crippen LogP contribution in [-0.2, 0) is 10.0 Å². The SMILES string of the molecule is Cc1ccc(Nc2cc(C)nc(Nc3ccc(NS(=O)(=O)c4cnc[nH]4)cc3)n2)cc1. The van der Waals surface area contributed by atoms with Crippen molar-refractivity contribution >= 4 is 38.9 Å². The summed E-state index contributed by atoms with van der Waals surface area (Å²) >= 11 is 0. The maximum Gasteiger partial charge on any atom is 0.278 e. The standard InChI is InChI=1S/C21H21N7O2S/c1-14-3-5-16(6-4-14)25-19-11-15(2)24-21(27-19)26-17-7-9-18(10-8-17)28-31(29,30)20-12-22-13-23-20/h3-13,28H,1-2H3,(H,22,23)(H2,24,25,26,27). The summed E-state index contributed by atoms with van der Waals surface area (Å²) in [4.78, 5) is 15.2. The second kappa shape index (κ2) is 8.44. The lowest BCUT2D eigenvalue weighted by molar-refractivity contribution is 0.598. The van der Waals surface area contributed by atoms with Crippen LogP contribution in [0.4, 0.5) is 28.8 Å². The van der Waals surface area contributed by atoms with E-state index in [0.29, 0.717) is 17.5 Å². The van der Waals surface area contributed by atoms with Crippen molar-refractivity contribution in [3.63, 3.8) is 0 Å². The van der Waals surface area contributed by atoms with Crippen LogP contribution in [0.15, 0.2) is 72.1 Å². The van der Waals surface area contributed by atoms with E-state index in [4.69, 9.17) is 0 Å². The van der Waals surface area contributed by atoms with Crippen molar-refractivity contribution < 1.29 is 8.42 Å². The first-order chi connectivity index (χ1) is 14.9. The first-order valence-corrected chi connectivity index (χ1v) is 10.9. The Kier molecular flexibility index (Phi) is 5.54. The predicted molar refractivity (Wildman–Crippen MR) is 120 cm³/mol. The average molecular weight is 436 g/mol. The maximum atomic E-state index is 12.3. The second-order valence-electron chi connectivity index (χ2n) is 6.93. The fourth-order valence-corrected chi connectivity index (χ4v) is 3.79. The Hall–Kier alpha value is -3.92. The van der Waals surface area contributed by atoms with Gasteiger partial charge in [0.25, 0.3) is 10.0 Å². The zero-order valence-corrected chi connectivity index (χ0v) is 17.7. The summed E-state index contributed by atoms with van der Waals surface area (Å²) in [6.45, 7) is 3.93. The maximum absolute atomic E-state index is 12.3. The molecule has 4 rings (SSSR count). The molecule has 0 radical (unpaired) electrons. The molecule has 2 aromatic heterocycles. The van der Waals surface area contributed by atoms with Crippen molar-refractivity contribution in [2.45, 2.75) is 18.9 Å². The Balaban J connectivity index is 1.46. The number of hydrogen-bond acceptors (Lipinski definition) is 7. The number of imidazole rings is 1. The number of H-pyrrole nitrogens is 1. The van der Waals surface area contributed by atoms with E-state index in [9.17, 15) is 8.42 Å². The molecule has 0 saturated carbocycles. The molecule has 10 heteroatoms. The molecule has 0 fully saturated rings. The molecule has 0 aliphatic heterocycles. The van der Waals surface area contributed by atoms with Crippen molar-refractivity contribution in [3.05, 3.63) is 78.4 Å². The van der Waals surface area contributed by atoms with E-state index in [2.05, 4.69) is 35.3 Å². The summed E-state index contributed by atoms with van der Waals surface area (Å²) in [5.41, 5.74) is 4.06. The summed E-state index contributed by atoms with van der Waals surface area (Å²) in [6.07, 6.45) is 2.56. The fraction of sp³-hybridized carbons (Fsp3) is 0.0952. The number of hydrogen-bond donors (Lipinski definition) is 4. The van der Waals surface area contributed by atoms with Crippen LogP contribution in [0.2, 0.25) is 0 Å². The molecular formula is C21H21N7O2S. The average Bonchev–Trinajstić information content (AvgIpc) is 3.27. The van der Waals surface area contributed by atoms with Gasteiger partial charge in [-0.3, -0.25) is 4.72 Å². The molecule has 0 bridgehead atoms. The van der Waals surface area contributed by atoms with Crippen LogP contribution in [0.3, 0.4) is 0 Å². The molecule has 2 heterocycles. The minimum atomic E-state index is -3.71. The minimum absolute atomic E-state index is 0.00327. The van der Waals surface area contributed by atoms with Crippen molar-refractivity contribution in [3.8, 4) is 0 Å². The van der Waals surface area contributed by atoms with E-state index in [1.165, 1.54) is 18.1 Å². The van der Waals surface area contributed by atoms with Gasteiger partial charge in [-0.25, -0.2) is 9.97 Å². The molecule has 9 nitrogen and oxygen atoms in total. The first-order valence-electron chi connectivity index (χ1n) is 9.45. The largest absolute Gasteiger partial charge is 0.340 e. The van der Waals surface area contributed by atoms with Gasteiger partial charge in [-0.15, -0.1) is 0 Å². The molecule has 4 N–H and O–H groups in total. The monoisotopic (exact) mass is 435 g/mol. The lowest BCUT2D eigenvalue weighted by Crippen LogP contribution is -2.13. The van der Waals surface area contributed by atoms with E-state index >= 15 is 0 Å². The molecule has 0 saturated heterocycles. The number of aryl methyl sites for hydroxylation is 2. The highest BCUT2D eigenvalue weighted by atomic mass is 32.2. The summed E-state index contributed by atoms with van der Waals surface area (Å²) in [6, 6.07) is 16.7. The number of aromatic amines is 1. The quantitative estimate of drug-likeness (QED) is 0.344. The highest BCUT2D eigenvalue weighted by Crippen LogP contribution is 2.21. The molecule has 0 unspecified atom stereocenters. The molecule has 0 amide bonds. The predicted octanol–water partition coefficient (Wildman–Crippen LogP) is 4.10. The van der Waals surface area contributed by atoms with Crippen LogP contribution in [0.1, 0.15) is 11.3 Å². The Morgan fingerprint density at radius 1 is 0.839 bits per heavy atom. The van der Waals surface area contributed by atoms with Crippen molar-refractivity contribution in [2.24, 2.45) is 0 Å². The van der Waals surface area contributed by atoms with Gasteiger partial charge in [0.1, 0.15) is 5.82 Å². The topological polar surface area (TPSA) is 125 Å². The summed E-state index contributed by atoms with van der Waals surface area (Å²) < 4.78 is 27.0. The minimum Gasteiger partial charge on any atom is -0.340 e. The molecule has 31 heavy (non-hydrogen) atoms. The molecule has 0 aliphatic rings. The van der Waals surface area contributed by atoms with Crippen LogP contribution in [-0.4, -0.2) is 28.4 Å². The van der Waals surface area contributed by atoms with Crippen molar-refractivity contribution in [1.82, 2.24) is 19.9 Å².